The molecule has 0 aromatic heterocycles. The molecule has 2 amide bonds. The van der Waals surface area contributed by atoms with Gasteiger partial charge in [0.1, 0.15) is 5.54 Å². The molecule has 0 bridgehead atoms. The van der Waals surface area contributed by atoms with E-state index in [9.17, 15) is 28.0 Å². The zero-order chi connectivity index (χ0) is 22.5. The highest BCUT2D eigenvalue weighted by Gasteiger charge is 2.36. The van der Waals surface area contributed by atoms with Gasteiger partial charge in [0.2, 0.25) is 11.8 Å². The van der Waals surface area contributed by atoms with Crippen LogP contribution in [0.5, 0.6) is 0 Å². The number of likely N-dealkylation sites (N-methyl/N-ethyl adjacent to an activating group) is 1. The van der Waals surface area contributed by atoms with Gasteiger partial charge in [0, 0.05) is 5.69 Å². The summed E-state index contributed by atoms with van der Waals surface area (Å²) in [5, 5.41) is 14.2. The average molecular weight is 445 g/mol. The molecule has 164 valence electrons. The number of hydrogen-bond donors (Lipinski definition) is 2. The molecule has 1 aliphatic carbocycles. The fraction of sp³-hybridized carbons (Fsp3) is 0.550. The number of anilines is 1. The van der Waals surface area contributed by atoms with Gasteiger partial charge in [-0.15, -0.1) is 0 Å². The molecule has 1 atom stereocenters. The number of nitrogens with zero attached hydrogens (tertiary/aromatic N) is 2. The highest BCUT2D eigenvalue weighted by Crippen LogP contribution is 2.36. The summed E-state index contributed by atoms with van der Waals surface area (Å²) in [5.41, 5.74) is -1.98. The van der Waals surface area contributed by atoms with Crippen molar-refractivity contribution in [3.8, 4) is 6.07 Å². The lowest BCUT2D eigenvalue weighted by atomic mass is 9.82. The predicted octanol–water partition coefficient (Wildman–Crippen LogP) is 3.96. The lowest BCUT2D eigenvalue weighted by molar-refractivity contribution is -0.137. The van der Waals surface area contributed by atoms with Crippen LogP contribution in [-0.4, -0.2) is 41.9 Å². The van der Waals surface area contributed by atoms with Crippen molar-refractivity contribution in [2.24, 2.45) is 0 Å². The summed E-state index contributed by atoms with van der Waals surface area (Å²) in [7, 11) is 1.55. The van der Waals surface area contributed by atoms with E-state index in [0.717, 1.165) is 31.4 Å². The Morgan fingerprint density at radius 2 is 1.93 bits per heavy atom. The Morgan fingerprint density at radius 3 is 2.50 bits per heavy atom. The third kappa shape index (κ3) is 6.09. The summed E-state index contributed by atoms with van der Waals surface area (Å²) in [5.74, 6) is -0.958. The molecule has 0 unspecified atom stereocenters. The largest absolute Gasteiger partial charge is 0.417 e. The average Bonchev–Trinajstić information content (AvgIpc) is 2.68. The number of alkyl halides is 3. The number of amides is 2. The Kier molecular flexibility index (Phi) is 7.72. The van der Waals surface area contributed by atoms with Crippen LogP contribution in [-0.2, 0) is 15.8 Å². The zero-order valence-corrected chi connectivity index (χ0v) is 17.5. The normalized spacial score (nSPS) is 17.1. The van der Waals surface area contributed by atoms with Crippen LogP contribution < -0.4 is 10.6 Å². The standard InChI is InChI=1S/C20H24ClF3N4O2/c1-13(18(30)27-19(12-25)8-4-3-5-9-19)28(2)11-17(29)26-14-6-7-16(21)15(10-14)20(22,23)24/h6-7,10,13H,3-5,8-9,11H2,1-2H3,(H,26,29)(H,27,30)/t13-/m1/s1. The molecule has 2 rings (SSSR count). The quantitative estimate of drug-likeness (QED) is 0.695. The van der Waals surface area contributed by atoms with E-state index < -0.39 is 34.3 Å². The predicted molar refractivity (Wildman–Crippen MR) is 107 cm³/mol. The van der Waals surface area contributed by atoms with Crippen LogP contribution in [0, 0.1) is 11.3 Å². The number of benzene rings is 1. The molecule has 1 aliphatic rings. The molecule has 0 saturated heterocycles. The van der Waals surface area contributed by atoms with E-state index in [4.69, 9.17) is 11.6 Å². The van der Waals surface area contributed by atoms with Crippen molar-refractivity contribution >= 4 is 29.1 Å². The minimum atomic E-state index is -4.64. The summed E-state index contributed by atoms with van der Waals surface area (Å²) in [6.07, 6.45) is -0.718. The summed E-state index contributed by atoms with van der Waals surface area (Å²) < 4.78 is 38.9. The van der Waals surface area contributed by atoms with Crippen molar-refractivity contribution in [3.63, 3.8) is 0 Å². The number of halogens is 4. The van der Waals surface area contributed by atoms with Crippen molar-refractivity contribution in [2.45, 2.75) is 56.8 Å². The maximum atomic E-state index is 13.0. The van der Waals surface area contributed by atoms with Gasteiger partial charge in [0.15, 0.2) is 0 Å². The molecule has 1 fully saturated rings. The van der Waals surface area contributed by atoms with Crippen LogP contribution in [0.2, 0.25) is 5.02 Å². The van der Waals surface area contributed by atoms with E-state index >= 15 is 0 Å². The number of carbonyl (C=O) groups excluding carboxylic acids is 2. The number of nitriles is 1. The molecule has 30 heavy (non-hydrogen) atoms. The molecule has 1 aromatic rings. The number of nitrogens with one attached hydrogen (secondary N) is 2. The van der Waals surface area contributed by atoms with E-state index in [2.05, 4.69) is 16.7 Å². The molecule has 6 nitrogen and oxygen atoms in total. The fourth-order valence-corrected chi connectivity index (χ4v) is 3.57. The van der Waals surface area contributed by atoms with Crippen LogP contribution in [0.25, 0.3) is 0 Å². The highest BCUT2D eigenvalue weighted by atomic mass is 35.5. The first kappa shape index (κ1) is 24.0. The summed E-state index contributed by atoms with van der Waals surface area (Å²) >= 11 is 5.57. The Labute approximate surface area is 178 Å². The van der Waals surface area contributed by atoms with E-state index in [1.54, 1.807) is 14.0 Å². The second-order valence-corrected chi connectivity index (χ2v) is 7.98. The molecular weight excluding hydrogens is 421 g/mol. The van der Waals surface area contributed by atoms with Crippen LogP contribution in [0.3, 0.4) is 0 Å². The maximum absolute atomic E-state index is 13.0. The molecule has 10 heteroatoms. The smallest absolute Gasteiger partial charge is 0.336 e. The van der Waals surface area contributed by atoms with Gasteiger partial charge in [-0.05, 0) is 45.0 Å². The first-order valence-corrected chi connectivity index (χ1v) is 9.95. The molecule has 0 aliphatic heterocycles. The van der Waals surface area contributed by atoms with Crippen LogP contribution in [0.1, 0.15) is 44.6 Å². The monoisotopic (exact) mass is 444 g/mol. The van der Waals surface area contributed by atoms with Gasteiger partial charge in [-0.2, -0.15) is 18.4 Å². The number of hydrogen-bond acceptors (Lipinski definition) is 4. The summed E-state index contributed by atoms with van der Waals surface area (Å²) in [6.45, 7) is 1.37. The Morgan fingerprint density at radius 1 is 1.30 bits per heavy atom. The zero-order valence-electron chi connectivity index (χ0n) is 16.8. The van der Waals surface area contributed by atoms with Gasteiger partial charge in [-0.3, -0.25) is 14.5 Å². The van der Waals surface area contributed by atoms with Crippen LogP contribution in [0.15, 0.2) is 18.2 Å². The Bertz CT molecular complexity index is 832. The van der Waals surface area contributed by atoms with Gasteiger partial charge < -0.3 is 10.6 Å². The fourth-order valence-electron chi connectivity index (χ4n) is 3.34. The summed E-state index contributed by atoms with van der Waals surface area (Å²) in [6, 6.07) is 4.59. The van der Waals surface area contributed by atoms with Crippen LogP contribution >= 0.6 is 11.6 Å². The lowest BCUT2D eigenvalue weighted by Gasteiger charge is -2.34. The SMILES string of the molecule is C[C@H](C(=O)NC1(C#N)CCCCC1)N(C)CC(=O)Nc1ccc(Cl)c(C(F)(F)F)c1. The van der Waals surface area contributed by atoms with Gasteiger partial charge in [0.25, 0.3) is 0 Å². The molecule has 2 N–H and O–H groups in total. The first-order chi connectivity index (χ1) is 14.0. The van der Waals surface area contributed by atoms with E-state index in [1.807, 2.05) is 0 Å². The minimum absolute atomic E-state index is 0.0483. The van der Waals surface area contributed by atoms with Crippen molar-refractivity contribution in [2.75, 3.05) is 18.9 Å². The highest BCUT2D eigenvalue weighted by molar-refractivity contribution is 6.31. The van der Waals surface area contributed by atoms with Gasteiger partial charge in [0.05, 0.1) is 29.2 Å². The summed E-state index contributed by atoms with van der Waals surface area (Å²) in [4.78, 5) is 26.3. The maximum Gasteiger partial charge on any atom is 0.417 e. The van der Waals surface area contributed by atoms with E-state index in [-0.39, 0.29) is 18.1 Å². The minimum Gasteiger partial charge on any atom is -0.336 e. The van der Waals surface area contributed by atoms with Crippen LogP contribution in [0.4, 0.5) is 18.9 Å². The van der Waals surface area contributed by atoms with Gasteiger partial charge in [-0.1, -0.05) is 30.9 Å². The Balaban J connectivity index is 1.96. The molecule has 0 spiro atoms. The van der Waals surface area contributed by atoms with Crippen molar-refractivity contribution in [3.05, 3.63) is 28.8 Å². The number of carbonyl (C=O) groups is 2. The Hall–Kier alpha value is -2.31. The lowest BCUT2D eigenvalue weighted by Crippen LogP contribution is -2.55. The second kappa shape index (κ2) is 9.67. The van der Waals surface area contributed by atoms with Crippen molar-refractivity contribution < 1.29 is 22.8 Å². The third-order valence-electron chi connectivity index (χ3n) is 5.27. The molecule has 0 radical (unpaired) electrons. The van der Waals surface area contributed by atoms with Gasteiger partial charge in [-0.25, -0.2) is 0 Å². The van der Waals surface area contributed by atoms with Crippen molar-refractivity contribution in [1.29, 1.82) is 5.26 Å². The molecule has 0 heterocycles. The second-order valence-electron chi connectivity index (χ2n) is 7.58. The van der Waals surface area contributed by atoms with E-state index in [1.165, 1.54) is 11.0 Å². The molecule has 1 saturated carbocycles. The first-order valence-electron chi connectivity index (χ1n) is 9.57. The van der Waals surface area contributed by atoms with Crippen molar-refractivity contribution in [1.82, 2.24) is 10.2 Å². The van der Waals surface area contributed by atoms with Gasteiger partial charge >= 0.3 is 6.18 Å². The van der Waals surface area contributed by atoms with E-state index in [0.29, 0.717) is 12.8 Å². The topological polar surface area (TPSA) is 85.2 Å². The third-order valence-corrected chi connectivity index (χ3v) is 5.60. The molecular formula is C20H24ClF3N4O2. The molecule has 1 aromatic carbocycles. The number of rotatable bonds is 6.